The Morgan fingerprint density at radius 2 is 1.52 bits per heavy atom. The first-order valence-corrected chi connectivity index (χ1v) is 10.4. The summed E-state index contributed by atoms with van der Waals surface area (Å²) in [5, 5.41) is 2.78. The highest BCUT2D eigenvalue weighted by molar-refractivity contribution is 5.89. The van der Waals surface area contributed by atoms with Gasteiger partial charge in [-0.2, -0.15) is 0 Å². The maximum Gasteiger partial charge on any atom is 0.321 e. The van der Waals surface area contributed by atoms with E-state index in [2.05, 4.69) is 22.3 Å². The Kier molecular flexibility index (Phi) is 6.28. The maximum absolute atomic E-state index is 13.8. The van der Waals surface area contributed by atoms with Gasteiger partial charge in [0.15, 0.2) is 0 Å². The topological polar surface area (TPSA) is 35.6 Å². The van der Waals surface area contributed by atoms with Gasteiger partial charge in [-0.15, -0.1) is 0 Å². The highest BCUT2D eigenvalue weighted by atomic mass is 19.1. The van der Waals surface area contributed by atoms with Crippen LogP contribution in [0.5, 0.6) is 0 Å². The van der Waals surface area contributed by atoms with Crippen molar-refractivity contribution in [3.05, 3.63) is 101 Å². The molecule has 0 spiro atoms. The quantitative estimate of drug-likeness (QED) is 0.628. The monoisotopic (exact) mass is 421 g/mol. The van der Waals surface area contributed by atoms with Gasteiger partial charge >= 0.3 is 6.03 Å². The summed E-state index contributed by atoms with van der Waals surface area (Å²) >= 11 is 0. The highest BCUT2D eigenvalue weighted by Crippen LogP contribution is 2.30. The van der Waals surface area contributed by atoms with Crippen LogP contribution in [0.15, 0.2) is 72.8 Å². The number of piperazine rings is 1. The Morgan fingerprint density at radius 3 is 2.16 bits per heavy atom. The van der Waals surface area contributed by atoms with Crippen LogP contribution in [-0.4, -0.2) is 42.0 Å². The fourth-order valence-corrected chi connectivity index (χ4v) is 3.95. The van der Waals surface area contributed by atoms with E-state index >= 15 is 0 Å². The first-order chi connectivity index (χ1) is 15.0. The minimum Gasteiger partial charge on any atom is -0.322 e. The minimum absolute atomic E-state index is 0.0156. The molecule has 0 aliphatic carbocycles. The number of halogens is 2. The van der Waals surface area contributed by atoms with Crippen LogP contribution in [0, 0.1) is 18.6 Å². The van der Waals surface area contributed by atoms with Crippen molar-refractivity contribution >= 4 is 11.7 Å². The molecule has 0 bridgehead atoms. The third-order valence-electron chi connectivity index (χ3n) is 5.69. The van der Waals surface area contributed by atoms with Gasteiger partial charge in [-0.3, -0.25) is 4.90 Å². The number of anilines is 1. The molecule has 4 rings (SSSR count). The number of carbonyl (C=O) groups excluding carboxylic acids is 1. The van der Waals surface area contributed by atoms with Gasteiger partial charge in [-0.25, -0.2) is 13.6 Å². The summed E-state index contributed by atoms with van der Waals surface area (Å²) in [7, 11) is 0. The van der Waals surface area contributed by atoms with Crippen LogP contribution in [0.3, 0.4) is 0 Å². The van der Waals surface area contributed by atoms with Crippen molar-refractivity contribution in [3.8, 4) is 0 Å². The van der Waals surface area contributed by atoms with Crippen LogP contribution < -0.4 is 5.32 Å². The molecule has 1 aliphatic heterocycles. The zero-order chi connectivity index (χ0) is 21.8. The molecule has 1 heterocycles. The molecule has 0 unspecified atom stereocenters. The van der Waals surface area contributed by atoms with Crippen LogP contribution in [0.25, 0.3) is 0 Å². The van der Waals surface area contributed by atoms with Crippen molar-refractivity contribution in [1.82, 2.24) is 9.80 Å². The summed E-state index contributed by atoms with van der Waals surface area (Å²) in [6.45, 7) is 4.12. The predicted molar refractivity (Wildman–Crippen MR) is 118 cm³/mol. The molecule has 3 aromatic carbocycles. The van der Waals surface area contributed by atoms with Gasteiger partial charge in [0.05, 0.1) is 6.04 Å². The molecule has 160 valence electrons. The predicted octanol–water partition coefficient (Wildman–Crippen LogP) is 5.21. The second-order valence-corrected chi connectivity index (χ2v) is 7.78. The number of hydrogen-bond donors (Lipinski definition) is 1. The number of nitrogens with zero attached hydrogens (tertiary/aromatic N) is 2. The van der Waals surface area contributed by atoms with Crippen LogP contribution >= 0.6 is 0 Å². The molecule has 1 N–H and O–H groups in total. The molecule has 3 aromatic rings. The molecular formula is C25H25F2N3O. The molecule has 1 aliphatic rings. The van der Waals surface area contributed by atoms with Crippen molar-refractivity contribution in [2.24, 2.45) is 0 Å². The first kappa shape index (κ1) is 21.0. The van der Waals surface area contributed by atoms with Crippen molar-refractivity contribution in [3.63, 3.8) is 0 Å². The van der Waals surface area contributed by atoms with Crippen LogP contribution in [0.2, 0.25) is 0 Å². The molecule has 1 saturated heterocycles. The first-order valence-electron chi connectivity index (χ1n) is 10.4. The lowest BCUT2D eigenvalue weighted by Gasteiger charge is -2.39. The highest BCUT2D eigenvalue weighted by Gasteiger charge is 2.28. The van der Waals surface area contributed by atoms with E-state index in [1.165, 1.54) is 18.2 Å². The fraction of sp³-hybridized carbons (Fsp3) is 0.240. The van der Waals surface area contributed by atoms with Gasteiger partial charge in [0.1, 0.15) is 11.6 Å². The van der Waals surface area contributed by atoms with E-state index in [4.69, 9.17) is 0 Å². The van der Waals surface area contributed by atoms with E-state index in [0.717, 1.165) is 11.1 Å². The summed E-state index contributed by atoms with van der Waals surface area (Å²) in [4.78, 5) is 16.7. The number of aryl methyl sites for hydroxylation is 1. The van der Waals surface area contributed by atoms with Crippen molar-refractivity contribution in [1.29, 1.82) is 0 Å². The molecule has 0 aromatic heterocycles. The molecule has 2 amide bonds. The van der Waals surface area contributed by atoms with Crippen LogP contribution in [-0.2, 0) is 0 Å². The van der Waals surface area contributed by atoms with Crippen molar-refractivity contribution in [2.45, 2.75) is 13.0 Å². The van der Waals surface area contributed by atoms with Gasteiger partial charge in [-0.1, -0.05) is 48.5 Å². The SMILES string of the molecule is Cc1ccc(NC(=O)N2CCN([C@@H](c3ccccc3)c3ccc(F)cc3)CC2)cc1F. The van der Waals surface area contributed by atoms with Crippen LogP contribution in [0.4, 0.5) is 19.3 Å². The number of amides is 2. The van der Waals surface area contributed by atoms with E-state index in [1.54, 1.807) is 24.0 Å². The number of rotatable bonds is 4. The van der Waals surface area contributed by atoms with Gasteiger partial charge < -0.3 is 10.2 Å². The Hall–Kier alpha value is -3.25. The molecule has 1 fully saturated rings. The Labute approximate surface area is 181 Å². The summed E-state index contributed by atoms with van der Waals surface area (Å²) in [5.74, 6) is -0.600. The van der Waals surface area contributed by atoms with E-state index in [9.17, 15) is 13.6 Å². The second-order valence-electron chi connectivity index (χ2n) is 7.78. The number of carbonyl (C=O) groups is 1. The normalized spacial score (nSPS) is 15.5. The number of urea groups is 1. The maximum atomic E-state index is 13.8. The molecule has 4 nitrogen and oxygen atoms in total. The Bertz CT molecular complexity index is 1030. The molecule has 31 heavy (non-hydrogen) atoms. The number of hydrogen-bond acceptors (Lipinski definition) is 2. The minimum atomic E-state index is -0.340. The smallest absolute Gasteiger partial charge is 0.321 e. The number of nitrogens with one attached hydrogen (secondary N) is 1. The second kappa shape index (κ2) is 9.27. The number of benzene rings is 3. The lowest BCUT2D eigenvalue weighted by atomic mass is 9.96. The van der Waals surface area contributed by atoms with E-state index < -0.39 is 0 Å². The zero-order valence-corrected chi connectivity index (χ0v) is 17.4. The van der Waals surface area contributed by atoms with Crippen molar-refractivity contribution in [2.75, 3.05) is 31.5 Å². The standard InChI is InChI=1S/C25H25F2N3O/c1-18-7-12-22(17-23(18)27)28-25(31)30-15-13-29(14-16-30)24(19-5-3-2-4-6-19)20-8-10-21(26)11-9-20/h2-12,17,24H,13-16H2,1H3,(H,28,31)/t24-/m0/s1. The summed E-state index contributed by atoms with van der Waals surface area (Å²) in [6.07, 6.45) is 0. The zero-order valence-electron chi connectivity index (χ0n) is 17.4. The summed E-state index contributed by atoms with van der Waals surface area (Å²) in [6, 6.07) is 21.1. The Balaban J connectivity index is 1.45. The fourth-order valence-electron chi connectivity index (χ4n) is 3.95. The molecular weight excluding hydrogens is 396 g/mol. The van der Waals surface area contributed by atoms with Gasteiger partial charge in [0.25, 0.3) is 0 Å². The summed E-state index contributed by atoms with van der Waals surface area (Å²) in [5.41, 5.74) is 3.13. The average molecular weight is 421 g/mol. The van der Waals surface area contributed by atoms with Gasteiger partial charge in [0, 0.05) is 31.9 Å². The van der Waals surface area contributed by atoms with E-state index in [-0.39, 0.29) is 23.7 Å². The van der Waals surface area contributed by atoms with E-state index in [0.29, 0.717) is 37.4 Å². The van der Waals surface area contributed by atoms with Gasteiger partial charge in [0.2, 0.25) is 0 Å². The molecule has 6 heteroatoms. The van der Waals surface area contributed by atoms with Crippen LogP contribution in [0.1, 0.15) is 22.7 Å². The average Bonchev–Trinajstić information content (AvgIpc) is 2.79. The van der Waals surface area contributed by atoms with Gasteiger partial charge in [-0.05, 0) is 47.9 Å². The summed E-state index contributed by atoms with van der Waals surface area (Å²) < 4.78 is 27.2. The molecule has 0 saturated carbocycles. The largest absolute Gasteiger partial charge is 0.322 e. The molecule has 0 radical (unpaired) electrons. The third kappa shape index (κ3) is 4.91. The Morgan fingerprint density at radius 1 is 0.871 bits per heavy atom. The lowest BCUT2D eigenvalue weighted by Crippen LogP contribution is -2.51. The lowest BCUT2D eigenvalue weighted by molar-refractivity contribution is 0.126. The molecule has 1 atom stereocenters. The van der Waals surface area contributed by atoms with E-state index in [1.807, 2.05) is 30.3 Å². The van der Waals surface area contributed by atoms with Crippen molar-refractivity contribution < 1.29 is 13.6 Å². The third-order valence-corrected chi connectivity index (χ3v) is 5.69.